The Hall–Kier alpha value is 0.527. The average molecular weight is 150 g/mol. The zero-order valence-corrected chi connectivity index (χ0v) is 8.61. The highest BCUT2D eigenvalue weighted by atomic mass is 32.1. The Morgan fingerprint density at radius 1 is 1.75 bits per heavy atom. The molecule has 0 amide bonds. The van der Waals surface area contributed by atoms with E-state index in [1.165, 1.54) is 0 Å². The van der Waals surface area contributed by atoms with Gasteiger partial charge < -0.3 is 4.43 Å². The number of thiol groups is 1. The third-order valence-electron chi connectivity index (χ3n) is 1.33. The van der Waals surface area contributed by atoms with Crippen molar-refractivity contribution in [2.45, 2.75) is 31.6 Å². The van der Waals surface area contributed by atoms with E-state index in [4.69, 9.17) is 4.43 Å². The predicted octanol–water partition coefficient (Wildman–Crippen LogP) is 0.380. The van der Waals surface area contributed by atoms with Crippen molar-refractivity contribution >= 4 is 23.1 Å². The molecule has 1 nitrogen and oxygen atoms in total. The molecule has 0 aromatic carbocycles. The van der Waals surface area contributed by atoms with Gasteiger partial charge in [0.05, 0.1) is 6.10 Å². The minimum absolute atomic E-state index is 0.343. The van der Waals surface area contributed by atoms with Gasteiger partial charge >= 0.3 is 0 Å². The van der Waals surface area contributed by atoms with Gasteiger partial charge in [-0.3, -0.25) is 0 Å². The van der Waals surface area contributed by atoms with E-state index in [0.717, 1.165) is 16.9 Å². The molecule has 0 aromatic rings. The van der Waals surface area contributed by atoms with E-state index in [9.17, 15) is 0 Å². The summed E-state index contributed by atoms with van der Waals surface area (Å²) in [5, 5.41) is 0.424. The highest BCUT2D eigenvalue weighted by Crippen LogP contribution is 2.07. The molecule has 0 aliphatic rings. The Kier molecular flexibility index (Phi) is 4.70. The molecule has 3 heteroatoms. The fourth-order valence-corrected chi connectivity index (χ4v) is 1.17. The van der Waals surface area contributed by atoms with Crippen LogP contribution in [-0.2, 0) is 4.43 Å². The Morgan fingerprint density at radius 2 is 2.25 bits per heavy atom. The molecule has 0 saturated heterocycles. The van der Waals surface area contributed by atoms with E-state index in [-0.39, 0.29) is 0 Å². The lowest BCUT2D eigenvalue weighted by Gasteiger charge is -2.15. The third-order valence-corrected chi connectivity index (χ3v) is 2.86. The zero-order chi connectivity index (χ0) is 6.57. The lowest BCUT2D eigenvalue weighted by molar-refractivity contribution is 0.238. The fraction of sp³-hybridized carbons (Fsp3) is 1.00. The van der Waals surface area contributed by atoms with Gasteiger partial charge in [-0.05, 0) is 13.3 Å². The Labute approximate surface area is 59.8 Å². The maximum Gasteiger partial charge on any atom is 0.146 e. The second-order valence-corrected chi connectivity index (χ2v) is 3.05. The molecule has 0 aliphatic carbocycles. The molecule has 0 aromatic heterocycles. The van der Waals surface area contributed by atoms with Gasteiger partial charge in [0.15, 0.2) is 0 Å². The second kappa shape index (κ2) is 4.41. The summed E-state index contributed by atoms with van der Waals surface area (Å²) in [7, 11) is 0.826. The van der Waals surface area contributed by atoms with E-state index >= 15 is 0 Å². The van der Waals surface area contributed by atoms with E-state index in [1.807, 2.05) is 0 Å². The van der Waals surface area contributed by atoms with E-state index in [1.54, 1.807) is 0 Å². The summed E-state index contributed by atoms with van der Waals surface area (Å²) in [6.45, 7) is 4.18. The Morgan fingerprint density at radius 3 is 2.38 bits per heavy atom. The van der Waals surface area contributed by atoms with Crippen LogP contribution in [0.3, 0.4) is 0 Å². The van der Waals surface area contributed by atoms with Crippen LogP contribution in [0.25, 0.3) is 0 Å². The molecule has 50 valence electrons. The van der Waals surface area contributed by atoms with Crippen LogP contribution >= 0.6 is 12.6 Å². The number of hydrogen-bond acceptors (Lipinski definition) is 2. The van der Waals surface area contributed by atoms with E-state index < -0.39 is 0 Å². The number of hydrogen-bond donors (Lipinski definition) is 1. The zero-order valence-electron chi connectivity index (χ0n) is 5.72. The molecule has 0 aliphatic heterocycles. The molecule has 0 N–H and O–H groups in total. The largest absolute Gasteiger partial charge is 0.424 e. The van der Waals surface area contributed by atoms with Gasteiger partial charge in [0, 0.05) is 5.25 Å². The number of rotatable bonds is 3. The SMILES string of the molecule is CCC(S)C(C)O[SiH3]. The van der Waals surface area contributed by atoms with Crippen molar-refractivity contribution in [3.8, 4) is 0 Å². The molecule has 0 heterocycles. The fourth-order valence-electron chi connectivity index (χ4n) is 0.489. The first kappa shape index (κ1) is 8.53. The minimum Gasteiger partial charge on any atom is -0.424 e. The molecule has 0 fully saturated rings. The van der Waals surface area contributed by atoms with Gasteiger partial charge in [-0.15, -0.1) is 0 Å². The maximum absolute atomic E-state index is 5.17. The molecule has 0 spiro atoms. The summed E-state index contributed by atoms with van der Waals surface area (Å²) >= 11 is 4.30. The van der Waals surface area contributed by atoms with Crippen LogP contribution in [0.15, 0.2) is 0 Å². The highest BCUT2D eigenvalue weighted by Gasteiger charge is 2.07. The van der Waals surface area contributed by atoms with Crippen molar-refractivity contribution in [3.63, 3.8) is 0 Å². The van der Waals surface area contributed by atoms with E-state index in [2.05, 4.69) is 26.5 Å². The van der Waals surface area contributed by atoms with Crippen LogP contribution in [0.5, 0.6) is 0 Å². The van der Waals surface area contributed by atoms with Crippen LogP contribution in [0.4, 0.5) is 0 Å². The molecule has 8 heavy (non-hydrogen) atoms. The van der Waals surface area contributed by atoms with Crippen molar-refractivity contribution in [2.24, 2.45) is 0 Å². The van der Waals surface area contributed by atoms with Crippen molar-refractivity contribution in [1.82, 2.24) is 0 Å². The van der Waals surface area contributed by atoms with Crippen molar-refractivity contribution in [2.75, 3.05) is 0 Å². The van der Waals surface area contributed by atoms with Crippen molar-refractivity contribution in [3.05, 3.63) is 0 Å². The summed E-state index contributed by atoms with van der Waals surface area (Å²) in [5.74, 6) is 0. The summed E-state index contributed by atoms with van der Waals surface area (Å²) in [5.41, 5.74) is 0. The predicted molar refractivity (Wildman–Crippen MR) is 43.6 cm³/mol. The molecular formula is C5H14OSSi. The van der Waals surface area contributed by atoms with Crippen molar-refractivity contribution in [1.29, 1.82) is 0 Å². The van der Waals surface area contributed by atoms with Gasteiger partial charge in [-0.25, -0.2) is 0 Å². The van der Waals surface area contributed by atoms with Crippen LogP contribution in [0, 0.1) is 0 Å². The summed E-state index contributed by atoms with van der Waals surface area (Å²) in [6, 6.07) is 0. The Bertz CT molecular complexity index is 52.4. The van der Waals surface area contributed by atoms with Crippen LogP contribution in [0.1, 0.15) is 20.3 Å². The minimum atomic E-state index is 0.343. The Balaban J connectivity index is 3.29. The maximum atomic E-state index is 5.17. The van der Waals surface area contributed by atoms with Crippen LogP contribution in [0.2, 0.25) is 0 Å². The second-order valence-electron chi connectivity index (χ2n) is 1.92. The quantitative estimate of drug-likeness (QED) is 0.452. The van der Waals surface area contributed by atoms with Gasteiger partial charge in [-0.2, -0.15) is 12.6 Å². The molecule has 0 radical (unpaired) electrons. The summed E-state index contributed by atoms with van der Waals surface area (Å²) in [4.78, 5) is 0. The smallest absolute Gasteiger partial charge is 0.146 e. The third kappa shape index (κ3) is 2.74. The van der Waals surface area contributed by atoms with Crippen LogP contribution in [-0.4, -0.2) is 21.8 Å². The van der Waals surface area contributed by atoms with Gasteiger partial charge in [0.1, 0.15) is 10.5 Å². The topological polar surface area (TPSA) is 9.23 Å². The first-order chi connectivity index (χ1) is 3.72. The lowest BCUT2D eigenvalue weighted by Crippen LogP contribution is -2.18. The summed E-state index contributed by atoms with van der Waals surface area (Å²) in [6.07, 6.45) is 1.43. The van der Waals surface area contributed by atoms with Gasteiger partial charge in [0.2, 0.25) is 0 Å². The standard InChI is InChI=1S/C5H14OSSi/c1-3-5(7)4(2)6-8/h4-5,7H,3H2,1-2,8H3. The van der Waals surface area contributed by atoms with E-state index in [0.29, 0.717) is 11.4 Å². The van der Waals surface area contributed by atoms with Crippen LogP contribution < -0.4 is 0 Å². The first-order valence-electron chi connectivity index (χ1n) is 2.93. The van der Waals surface area contributed by atoms with Gasteiger partial charge in [0.25, 0.3) is 0 Å². The molecule has 0 rings (SSSR count). The lowest BCUT2D eigenvalue weighted by atomic mass is 10.2. The monoisotopic (exact) mass is 150 g/mol. The molecule has 2 unspecified atom stereocenters. The van der Waals surface area contributed by atoms with Crippen molar-refractivity contribution < 1.29 is 4.43 Å². The highest BCUT2D eigenvalue weighted by molar-refractivity contribution is 7.81. The molecule has 0 bridgehead atoms. The summed E-state index contributed by atoms with van der Waals surface area (Å²) < 4.78 is 5.17. The normalized spacial score (nSPS) is 18.4. The van der Waals surface area contributed by atoms with Gasteiger partial charge in [-0.1, -0.05) is 6.92 Å². The first-order valence-corrected chi connectivity index (χ1v) is 4.26. The molecule has 0 saturated carbocycles. The molecular weight excluding hydrogens is 136 g/mol. The average Bonchev–Trinajstić information content (AvgIpc) is 1.84. The molecule has 2 atom stereocenters.